The Morgan fingerprint density at radius 3 is 1.95 bits per heavy atom. The number of carbonyl (C=O) groups is 2. The Bertz CT molecular complexity index is 641. The number of benzene rings is 2. The highest BCUT2D eigenvalue weighted by Gasteiger charge is 2.25. The summed E-state index contributed by atoms with van der Waals surface area (Å²) in [6, 6.07) is 17.2. The summed E-state index contributed by atoms with van der Waals surface area (Å²) < 4.78 is 0. The summed E-state index contributed by atoms with van der Waals surface area (Å²) >= 11 is 0. The third kappa shape index (κ3) is 2.87. The fourth-order valence-electron chi connectivity index (χ4n) is 2.63. The van der Waals surface area contributed by atoms with Gasteiger partial charge < -0.3 is 4.90 Å². The van der Waals surface area contributed by atoms with E-state index in [1.165, 1.54) is 0 Å². The summed E-state index contributed by atoms with van der Waals surface area (Å²) in [5, 5.41) is 0. The van der Waals surface area contributed by atoms with Crippen LogP contribution in [-0.2, 0) is 4.79 Å². The highest BCUT2D eigenvalue weighted by Crippen LogP contribution is 2.20. The minimum atomic E-state index is -0.406. The number of likely N-dealkylation sites (tertiary alicyclic amines) is 1. The van der Waals surface area contributed by atoms with Crippen molar-refractivity contribution in [3.63, 3.8) is 0 Å². The maximum Gasteiger partial charge on any atom is 0.294 e. The third-order valence-corrected chi connectivity index (χ3v) is 3.84. The Hall–Kier alpha value is -2.42. The number of ketones is 1. The average Bonchev–Trinajstić information content (AvgIpc) is 3.09. The summed E-state index contributed by atoms with van der Waals surface area (Å²) in [5.74, 6) is -0.781. The molecule has 2 aromatic carbocycles. The van der Waals surface area contributed by atoms with E-state index in [0.717, 1.165) is 24.0 Å². The lowest BCUT2D eigenvalue weighted by molar-refractivity contribution is -0.125. The molecule has 0 bridgehead atoms. The number of carbonyl (C=O) groups excluding carboxylic acids is 2. The molecule has 2 aromatic rings. The number of Topliss-reactive ketones (excluding diaryl/α,β-unsaturated/α-hetero) is 1. The van der Waals surface area contributed by atoms with Crippen molar-refractivity contribution in [3.8, 4) is 11.1 Å². The Labute approximate surface area is 124 Å². The quantitative estimate of drug-likeness (QED) is 0.639. The van der Waals surface area contributed by atoms with Gasteiger partial charge in [0, 0.05) is 18.7 Å². The van der Waals surface area contributed by atoms with Crippen LogP contribution in [0.2, 0.25) is 0 Å². The number of hydrogen-bond acceptors (Lipinski definition) is 2. The molecule has 1 fully saturated rings. The van der Waals surface area contributed by atoms with Crippen LogP contribution in [0.5, 0.6) is 0 Å². The van der Waals surface area contributed by atoms with Gasteiger partial charge in [0.05, 0.1) is 0 Å². The fourth-order valence-corrected chi connectivity index (χ4v) is 2.63. The van der Waals surface area contributed by atoms with Gasteiger partial charge in [0.2, 0.25) is 5.78 Å². The van der Waals surface area contributed by atoms with Crippen molar-refractivity contribution in [2.24, 2.45) is 0 Å². The largest absolute Gasteiger partial charge is 0.336 e. The maximum absolute atomic E-state index is 12.2. The summed E-state index contributed by atoms with van der Waals surface area (Å²) in [4.78, 5) is 25.9. The van der Waals surface area contributed by atoms with E-state index in [1.54, 1.807) is 17.0 Å². The van der Waals surface area contributed by atoms with Gasteiger partial charge in [0.15, 0.2) is 0 Å². The van der Waals surface area contributed by atoms with Crippen LogP contribution in [0.1, 0.15) is 23.2 Å². The van der Waals surface area contributed by atoms with Crippen LogP contribution in [0.3, 0.4) is 0 Å². The van der Waals surface area contributed by atoms with Gasteiger partial charge in [-0.3, -0.25) is 9.59 Å². The van der Waals surface area contributed by atoms with Gasteiger partial charge in [-0.25, -0.2) is 0 Å². The van der Waals surface area contributed by atoms with E-state index in [4.69, 9.17) is 0 Å². The molecule has 0 radical (unpaired) electrons. The second kappa shape index (κ2) is 5.92. The lowest BCUT2D eigenvalue weighted by Crippen LogP contribution is -2.34. The van der Waals surface area contributed by atoms with Gasteiger partial charge in [-0.2, -0.15) is 0 Å². The standard InChI is InChI=1S/C18H17NO2/c20-17(18(21)19-12-4-5-13-19)16-10-8-15(9-11-16)14-6-2-1-3-7-14/h1-3,6-11H,4-5,12-13H2. The molecule has 0 spiro atoms. The van der Waals surface area contributed by atoms with Crippen LogP contribution in [0, 0.1) is 0 Å². The van der Waals surface area contributed by atoms with E-state index in [0.29, 0.717) is 18.7 Å². The normalized spacial score (nSPS) is 14.2. The average molecular weight is 279 g/mol. The first-order valence-electron chi connectivity index (χ1n) is 7.25. The van der Waals surface area contributed by atoms with Crippen LogP contribution in [0.15, 0.2) is 54.6 Å². The molecule has 1 heterocycles. The lowest BCUT2D eigenvalue weighted by atomic mass is 10.0. The topological polar surface area (TPSA) is 37.4 Å². The lowest BCUT2D eigenvalue weighted by Gasteiger charge is -2.14. The molecule has 0 aromatic heterocycles. The molecule has 1 amide bonds. The number of rotatable bonds is 3. The highest BCUT2D eigenvalue weighted by atomic mass is 16.2. The zero-order valence-electron chi connectivity index (χ0n) is 11.8. The highest BCUT2D eigenvalue weighted by molar-refractivity contribution is 6.42. The van der Waals surface area contributed by atoms with Crippen LogP contribution in [0.4, 0.5) is 0 Å². The number of amides is 1. The molecule has 1 aliphatic rings. The van der Waals surface area contributed by atoms with E-state index in [1.807, 2.05) is 42.5 Å². The summed E-state index contributed by atoms with van der Waals surface area (Å²) in [6.45, 7) is 1.40. The van der Waals surface area contributed by atoms with Crippen molar-refractivity contribution in [1.82, 2.24) is 4.90 Å². The van der Waals surface area contributed by atoms with E-state index in [-0.39, 0.29) is 5.91 Å². The first kappa shape index (κ1) is 13.6. The molecule has 3 heteroatoms. The predicted octanol–water partition coefficient (Wildman–Crippen LogP) is 3.16. The number of nitrogens with zero attached hydrogens (tertiary/aromatic N) is 1. The maximum atomic E-state index is 12.2. The summed E-state index contributed by atoms with van der Waals surface area (Å²) in [6.07, 6.45) is 1.98. The predicted molar refractivity (Wildman–Crippen MR) is 82.0 cm³/mol. The molecule has 3 rings (SSSR count). The molecular weight excluding hydrogens is 262 g/mol. The first-order chi connectivity index (χ1) is 10.3. The van der Waals surface area contributed by atoms with Crippen LogP contribution >= 0.6 is 0 Å². The Balaban J connectivity index is 1.77. The van der Waals surface area contributed by atoms with Gasteiger partial charge in [0.25, 0.3) is 5.91 Å². The molecule has 0 saturated carbocycles. The van der Waals surface area contributed by atoms with Crippen molar-refractivity contribution < 1.29 is 9.59 Å². The SMILES string of the molecule is O=C(C(=O)N1CCCC1)c1ccc(-c2ccccc2)cc1. The van der Waals surface area contributed by atoms with E-state index >= 15 is 0 Å². The zero-order chi connectivity index (χ0) is 14.7. The number of hydrogen-bond donors (Lipinski definition) is 0. The smallest absolute Gasteiger partial charge is 0.294 e. The van der Waals surface area contributed by atoms with Crippen molar-refractivity contribution in [3.05, 3.63) is 60.2 Å². The Morgan fingerprint density at radius 1 is 0.762 bits per heavy atom. The third-order valence-electron chi connectivity index (χ3n) is 3.84. The molecule has 3 nitrogen and oxygen atoms in total. The van der Waals surface area contributed by atoms with E-state index in [9.17, 15) is 9.59 Å². The Kier molecular flexibility index (Phi) is 3.82. The van der Waals surface area contributed by atoms with Gasteiger partial charge in [-0.05, 0) is 24.0 Å². The van der Waals surface area contributed by atoms with Crippen molar-refractivity contribution in [2.75, 3.05) is 13.1 Å². The van der Waals surface area contributed by atoms with Gasteiger partial charge in [0.1, 0.15) is 0 Å². The first-order valence-corrected chi connectivity index (χ1v) is 7.25. The molecule has 0 atom stereocenters. The molecule has 21 heavy (non-hydrogen) atoms. The van der Waals surface area contributed by atoms with E-state index in [2.05, 4.69) is 0 Å². The molecule has 1 aliphatic heterocycles. The fraction of sp³-hybridized carbons (Fsp3) is 0.222. The summed E-state index contributed by atoms with van der Waals surface area (Å²) in [7, 11) is 0. The van der Waals surface area contributed by atoms with Crippen molar-refractivity contribution >= 4 is 11.7 Å². The molecular formula is C18H17NO2. The molecule has 106 valence electrons. The second-order valence-corrected chi connectivity index (χ2v) is 5.27. The molecule has 0 N–H and O–H groups in total. The second-order valence-electron chi connectivity index (χ2n) is 5.27. The molecule has 0 aliphatic carbocycles. The van der Waals surface area contributed by atoms with Crippen LogP contribution in [0.25, 0.3) is 11.1 Å². The van der Waals surface area contributed by atoms with Crippen LogP contribution < -0.4 is 0 Å². The van der Waals surface area contributed by atoms with Crippen LogP contribution in [-0.4, -0.2) is 29.7 Å². The molecule has 0 unspecified atom stereocenters. The van der Waals surface area contributed by atoms with Crippen molar-refractivity contribution in [2.45, 2.75) is 12.8 Å². The minimum Gasteiger partial charge on any atom is -0.336 e. The van der Waals surface area contributed by atoms with Gasteiger partial charge in [-0.15, -0.1) is 0 Å². The summed E-state index contributed by atoms with van der Waals surface area (Å²) in [5.41, 5.74) is 2.61. The molecule has 1 saturated heterocycles. The minimum absolute atomic E-state index is 0.375. The monoisotopic (exact) mass is 279 g/mol. The van der Waals surface area contributed by atoms with Gasteiger partial charge in [-0.1, -0.05) is 54.6 Å². The Morgan fingerprint density at radius 2 is 1.33 bits per heavy atom. The zero-order valence-corrected chi connectivity index (χ0v) is 11.8. The van der Waals surface area contributed by atoms with Gasteiger partial charge >= 0.3 is 0 Å². The van der Waals surface area contributed by atoms with Crippen molar-refractivity contribution in [1.29, 1.82) is 0 Å². The van der Waals surface area contributed by atoms with E-state index < -0.39 is 5.78 Å².